The molecule has 0 aliphatic heterocycles. The van der Waals surface area contributed by atoms with E-state index < -0.39 is 0 Å². The molecule has 1 aromatic heterocycles. The first-order valence-corrected chi connectivity index (χ1v) is 19.0. The van der Waals surface area contributed by atoms with Crippen molar-refractivity contribution in [3.63, 3.8) is 0 Å². The van der Waals surface area contributed by atoms with Gasteiger partial charge in [0.25, 0.3) is 0 Å². The summed E-state index contributed by atoms with van der Waals surface area (Å²) in [4.78, 5) is 15.3. The van der Waals surface area contributed by atoms with Gasteiger partial charge in [-0.05, 0) is 88.2 Å². The van der Waals surface area contributed by atoms with Crippen LogP contribution in [-0.4, -0.2) is 15.0 Å². The van der Waals surface area contributed by atoms with Gasteiger partial charge < -0.3 is 0 Å². The van der Waals surface area contributed by atoms with Crippen molar-refractivity contribution in [3.8, 4) is 56.4 Å². The van der Waals surface area contributed by atoms with E-state index in [0.717, 1.165) is 33.0 Å². The maximum absolute atomic E-state index is 5.12. The van der Waals surface area contributed by atoms with Crippen LogP contribution in [0.1, 0.15) is 0 Å². The molecule has 3 nitrogen and oxygen atoms in total. The highest BCUT2D eigenvalue weighted by molar-refractivity contribution is 6.23. The Labute approximate surface area is 324 Å². The lowest BCUT2D eigenvalue weighted by atomic mass is 9.84. The molecule has 10 aromatic carbocycles. The van der Waals surface area contributed by atoms with Crippen LogP contribution < -0.4 is 0 Å². The minimum Gasteiger partial charge on any atom is -0.208 e. The Morgan fingerprint density at radius 1 is 0.232 bits per heavy atom. The Morgan fingerprint density at radius 2 is 0.607 bits per heavy atom. The molecule has 0 saturated heterocycles. The molecule has 0 spiro atoms. The number of benzene rings is 10. The minimum atomic E-state index is 0.638. The minimum absolute atomic E-state index is 0.638. The number of rotatable bonds is 5. The quantitative estimate of drug-likeness (QED) is 0.167. The molecule has 0 fully saturated rings. The molecule has 0 unspecified atom stereocenters. The van der Waals surface area contributed by atoms with Gasteiger partial charge in [0.1, 0.15) is 0 Å². The first kappa shape index (κ1) is 32.0. The summed E-state index contributed by atoms with van der Waals surface area (Å²) in [5.74, 6) is 1.93. The Kier molecular flexibility index (Phi) is 7.49. The largest absolute Gasteiger partial charge is 0.208 e. The van der Waals surface area contributed by atoms with E-state index in [0.29, 0.717) is 17.5 Å². The summed E-state index contributed by atoms with van der Waals surface area (Å²) in [7, 11) is 0. The average molecular weight is 712 g/mol. The lowest BCUT2D eigenvalue weighted by Gasteiger charge is -2.19. The van der Waals surface area contributed by atoms with Gasteiger partial charge in [-0.25, -0.2) is 15.0 Å². The summed E-state index contributed by atoms with van der Waals surface area (Å²) in [5.41, 5.74) is 7.71. The Balaban J connectivity index is 1.08. The van der Waals surface area contributed by atoms with Crippen molar-refractivity contribution < 1.29 is 0 Å². The van der Waals surface area contributed by atoms with Crippen LogP contribution in [0, 0.1) is 0 Å². The maximum atomic E-state index is 5.12. The first-order valence-electron chi connectivity index (χ1n) is 19.0. The average Bonchev–Trinajstić information content (AvgIpc) is 3.27. The zero-order valence-electron chi connectivity index (χ0n) is 30.4. The van der Waals surface area contributed by atoms with Crippen LogP contribution in [0.5, 0.6) is 0 Å². The molecule has 0 saturated carbocycles. The van der Waals surface area contributed by atoms with Crippen LogP contribution in [0.4, 0.5) is 0 Å². The van der Waals surface area contributed by atoms with Crippen LogP contribution in [0.25, 0.3) is 110 Å². The monoisotopic (exact) mass is 711 g/mol. The fraction of sp³-hybridized carbons (Fsp3) is 0. The standard InChI is InChI=1S/C53H33N3/c1-3-15-39-32-41(30-24-34(39)12-1)52-54-51(55-53(56-52)42-31-25-35-13-2-4-16-40(35)33-42)38-28-26-37(27-29-38)49-45-19-7-9-21-47(45)50(48-22-10-8-20-46(48)49)44-23-11-17-36-14-5-6-18-43(36)44/h1-33H. The van der Waals surface area contributed by atoms with E-state index in [4.69, 9.17) is 15.0 Å². The lowest BCUT2D eigenvalue weighted by Crippen LogP contribution is -2.00. The highest BCUT2D eigenvalue weighted by Crippen LogP contribution is 2.45. The summed E-state index contributed by atoms with van der Waals surface area (Å²) in [6.45, 7) is 0. The topological polar surface area (TPSA) is 38.7 Å². The van der Waals surface area contributed by atoms with Crippen LogP contribution in [-0.2, 0) is 0 Å². The van der Waals surface area contributed by atoms with Crippen LogP contribution in [0.3, 0.4) is 0 Å². The molecule has 0 N–H and O–H groups in total. The molecular weight excluding hydrogens is 679 g/mol. The van der Waals surface area contributed by atoms with E-state index in [1.54, 1.807) is 0 Å². The highest BCUT2D eigenvalue weighted by Gasteiger charge is 2.19. The van der Waals surface area contributed by atoms with Gasteiger partial charge in [-0.2, -0.15) is 0 Å². The molecule has 0 radical (unpaired) electrons. The number of aromatic nitrogens is 3. The Bertz CT molecular complexity index is 3150. The van der Waals surface area contributed by atoms with Crippen LogP contribution in [0.15, 0.2) is 200 Å². The van der Waals surface area contributed by atoms with Crippen LogP contribution >= 0.6 is 0 Å². The van der Waals surface area contributed by atoms with Crippen molar-refractivity contribution >= 4 is 53.9 Å². The summed E-state index contributed by atoms with van der Waals surface area (Å²) in [6.07, 6.45) is 0. The normalized spacial score (nSPS) is 11.6. The van der Waals surface area contributed by atoms with Crippen molar-refractivity contribution in [2.75, 3.05) is 0 Å². The second kappa shape index (κ2) is 13.1. The summed E-state index contributed by atoms with van der Waals surface area (Å²) in [5, 5.41) is 12.1. The maximum Gasteiger partial charge on any atom is 0.164 e. The van der Waals surface area contributed by atoms with Gasteiger partial charge >= 0.3 is 0 Å². The van der Waals surface area contributed by atoms with Crippen molar-refractivity contribution in [2.45, 2.75) is 0 Å². The molecular formula is C53H33N3. The summed E-state index contributed by atoms with van der Waals surface area (Å²) < 4.78 is 0. The molecule has 260 valence electrons. The Morgan fingerprint density at radius 3 is 1.14 bits per heavy atom. The molecule has 0 bridgehead atoms. The van der Waals surface area contributed by atoms with E-state index in [1.165, 1.54) is 59.8 Å². The predicted octanol–water partition coefficient (Wildman–Crippen LogP) is 14.0. The molecule has 56 heavy (non-hydrogen) atoms. The molecule has 11 rings (SSSR count). The van der Waals surface area contributed by atoms with Gasteiger partial charge in [-0.1, -0.05) is 188 Å². The molecule has 0 aliphatic rings. The van der Waals surface area contributed by atoms with E-state index in [2.05, 4.69) is 200 Å². The second-order valence-corrected chi connectivity index (χ2v) is 14.4. The van der Waals surface area contributed by atoms with Gasteiger partial charge in [0.05, 0.1) is 0 Å². The van der Waals surface area contributed by atoms with E-state index in [1.807, 2.05) is 0 Å². The molecule has 3 heteroatoms. The first-order chi connectivity index (χ1) is 27.7. The fourth-order valence-electron chi connectivity index (χ4n) is 8.38. The zero-order chi connectivity index (χ0) is 37.0. The fourth-order valence-corrected chi connectivity index (χ4v) is 8.38. The van der Waals surface area contributed by atoms with Crippen molar-refractivity contribution in [1.29, 1.82) is 0 Å². The van der Waals surface area contributed by atoms with Crippen LogP contribution in [0.2, 0.25) is 0 Å². The summed E-state index contributed by atoms with van der Waals surface area (Å²) >= 11 is 0. The van der Waals surface area contributed by atoms with E-state index in [-0.39, 0.29) is 0 Å². The zero-order valence-corrected chi connectivity index (χ0v) is 30.4. The van der Waals surface area contributed by atoms with Crippen molar-refractivity contribution in [3.05, 3.63) is 200 Å². The Hall–Kier alpha value is -7.49. The number of fused-ring (bicyclic) bond motifs is 5. The van der Waals surface area contributed by atoms with Crippen molar-refractivity contribution in [1.82, 2.24) is 15.0 Å². The number of hydrogen-bond donors (Lipinski definition) is 0. The summed E-state index contributed by atoms with van der Waals surface area (Å²) in [6, 6.07) is 71.3. The van der Waals surface area contributed by atoms with Gasteiger partial charge in [0.15, 0.2) is 17.5 Å². The SMILES string of the molecule is c1ccc2cc(-c3nc(-c4ccc(-c5c6ccccc6c(-c6cccc7ccccc67)c6ccccc56)cc4)nc(-c4ccc5ccccc5c4)n3)ccc2c1. The third-order valence-electron chi connectivity index (χ3n) is 11.1. The molecule has 1 heterocycles. The lowest BCUT2D eigenvalue weighted by molar-refractivity contribution is 1.08. The molecule has 0 aliphatic carbocycles. The van der Waals surface area contributed by atoms with E-state index in [9.17, 15) is 0 Å². The third kappa shape index (κ3) is 5.40. The van der Waals surface area contributed by atoms with Gasteiger partial charge in [0.2, 0.25) is 0 Å². The number of hydrogen-bond acceptors (Lipinski definition) is 3. The molecule has 11 aromatic rings. The van der Waals surface area contributed by atoms with Gasteiger partial charge in [-0.3, -0.25) is 0 Å². The van der Waals surface area contributed by atoms with E-state index >= 15 is 0 Å². The molecule has 0 amide bonds. The van der Waals surface area contributed by atoms with Crippen molar-refractivity contribution in [2.24, 2.45) is 0 Å². The smallest absolute Gasteiger partial charge is 0.164 e. The third-order valence-corrected chi connectivity index (χ3v) is 11.1. The van der Waals surface area contributed by atoms with Gasteiger partial charge in [-0.15, -0.1) is 0 Å². The number of nitrogens with zero attached hydrogens (tertiary/aromatic N) is 3. The second-order valence-electron chi connectivity index (χ2n) is 14.4. The highest BCUT2D eigenvalue weighted by atomic mass is 15.0. The predicted molar refractivity (Wildman–Crippen MR) is 235 cm³/mol. The molecule has 0 atom stereocenters. The van der Waals surface area contributed by atoms with Gasteiger partial charge in [0, 0.05) is 16.7 Å².